The van der Waals surface area contributed by atoms with Crippen molar-refractivity contribution in [2.75, 3.05) is 0 Å². The van der Waals surface area contributed by atoms with Gasteiger partial charge in [-0.1, -0.05) is 17.7 Å². The fraction of sp³-hybridized carbons (Fsp3) is 0.333. The zero-order chi connectivity index (χ0) is 19.0. The summed E-state index contributed by atoms with van der Waals surface area (Å²) >= 11 is 6.11. The lowest BCUT2D eigenvalue weighted by atomic mass is 10.0. The highest BCUT2D eigenvalue weighted by atomic mass is 35.5. The molecule has 0 unspecified atom stereocenters. The van der Waals surface area contributed by atoms with Crippen molar-refractivity contribution in [3.8, 4) is 0 Å². The maximum absolute atomic E-state index is 12.5. The van der Waals surface area contributed by atoms with Crippen molar-refractivity contribution in [3.63, 3.8) is 0 Å². The standard InChI is InChI=1S/C18H15ClF3N5/c19-15-10-24-17-6-5-14(26-27(15)17)11-3-1-2-4-13-12(11)9-23-16(25-13)7-8-18(20,21)22/h3,5-6,9-10H,1-2,4,7-8H2. The van der Waals surface area contributed by atoms with Gasteiger partial charge in [0.2, 0.25) is 0 Å². The molecule has 3 aromatic heterocycles. The van der Waals surface area contributed by atoms with Crippen molar-refractivity contribution in [3.05, 3.63) is 58.5 Å². The van der Waals surface area contributed by atoms with E-state index >= 15 is 0 Å². The Hall–Kier alpha value is -2.48. The molecule has 0 aliphatic heterocycles. The van der Waals surface area contributed by atoms with Gasteiger partial charge in [-0.3, -0.25) is 0 Å². The van der Waals surface area contributed by atoms with E-state index in [1.807, 2.05) is 12.1 Å². The Kier molecular flexibility index (Phi) is 4.59. The lowest BCUT2D eigenvalue weighted by Crippen LogP contribution is -2.11. The topological polar surface area (TPSA) is 56.0 Å². The average molecular weight is 394 g/mol. The van der Waals surface area contributed by atoms with Crippen LogP contribution in [0.25, 0.3) is 11.2 Å². The van der Waals surface area contributed by atoms with Crippen LogP contribution < -0.4 is 0 Å². The van der Waals surface area contributed by atoms with E-state index in [0.717, 1.165) is 29.7 Å². The molecule has 1 aliphatic carbocycles. The molecule has 5 nitrogen and oxygen atoms in total. The second-order valence-electron chi connectivity index (χ2n) is 6.34. The van der Waals surface area contributed by atoms with Crippen molar-refractivity contribution in [1.82, 2.24) is 24.6 Å². The predicted octanol–water partition coefficient (Wildman–Crippen LogP) is 4.44. The Morgan fingerprint density at radius 3 is 2.81 bits per heavy atom. The van der Waals surface area contributed by atoms with Gasteiger partial charge in [-0.05, 0) is 31.4 Å². The third kappa shape index (κ3) is 3.80. The number of hydrogen-bond donors (Lipinski definition) is 0. The van der Waals surface area contributed by atoms with Crippen LogP contribution in [0.5, 0.6) is 0 Å². The number of hydrogen-bond acceptors (Lipinski definition) is 4. The summed E-state index contributed by atoms with van der Waals surface area (Å²) in [7, 11) is 0. The molecule has 0 radical (unpaired) electrons. The summed E-state index contributed by atoms with van der Waals surface area (Å²) in [6.45, 7) is 0. The van der Waals surface area contributed by atoms with Crippen LogP contribution in [0.4, 0.5) is 13.2 Å². The fourth-order valence-corrected chi connectivity index (χ4v) is 3.28. The fourth-order valence-electron chi connectivity index (χ4n) is 3.11. The minimum atomic E-state index is -4.22. The summed E-state index contributed by atoms with van der Waals surface area (Å²) in [4.78, 5) is 12.7. The van der Waals surface area contributed by atoms with E-state index in [1.165, 1.54) is 6.20 Å². The minimum Gasteiger partial charge on any atom is -0.241 e. The van der Waals surface area contributed by atoms with Crippen LogP contribution in [0.1, 0.15) is 42.0 Å². The van der Waals surface area contributed by atoms with Gasteiger partial charge in [-0.15, -0.1) is 0 Å². The first-order valence-corrected chi connectivity index (χ1v) is 8.91. The molecule has 9 heteroatoms. The number of halogens is 4. The van der Waals surface area contributed by atoms with Gasteiger partial charge in [0, 0.05) is 23.8 Å². The molecule has 1 aliphatic rings. The minimum absolute atomic E-state index is 0.216. The first-order chi connectivity index (χ1) is 12.9. The van der Waals surface area contributed by atoms with Crippen molar-refractivity contribution >= 4 is 22.8 Å². The summed E-state index contributed by atoms with van der Waals surface area (Å²) in [6.07, 6.45) is 2.20. The number of alkyl halides is 3. The van der Waals surface area contributed by atoms with E-state index in [0.29, 0.717) is 22.9 Å². The number of aryl methyl sites for hydroxylation is 2. The van der Waals surface area contributed by atoms with E-state index < -0.39 is 12.6 Å². The second-order valence-corrected chi connectivity index (χ2v) is 6.73. The molecule has 0 aromatic carbocycles. The molecule has 0 bridgehead atoms. The Labute approximate surface area is 157 Å². The highest BCUT2D eigenvalue weighted by Crippen LogP contribution is 2.29. The Balaban J connectivity index is 1.70. The summed E-state index contributed by atoms with van der Waals surface area (Å²) in [6, 6.07) is 3.66. The normalized spacial score (nSPS) is 14.7. The monoisotopic (exact) mass is 393 g/mol. The smallest absolute Gasteiger partial charge is 0.241 e. The van der Waals surface area contributed by atoms with Crippen molar-refractivity contribution in [2.24, 2.45) is 0 Å². The quantitative estimate of drug-likeness (QED) is 0.660. The molecule has 0 atom stereocenters. The number of rotatable bonds is 3. The van der Waals surface area contributed by atoms with Crippen LogP contribution in [0.3, 0.4) is 0 Å². The van der Waals surface area contributed by atoms with Crippen LogP contribution in [0.15, 0.2) is 30.6 Å². The van der Waals surface area contributed by atoms with Gasteiger partial charge in [0.25, 0.3) is 0 Å². The third-order valence-corrected chi connectivity index (χ3v) is 4.66. The maximum atomic E-state index is 12.5. The highest BCUT2D eigenvalue weighted by Gasteiger charge is 2.27. The van der Waals surface area contributed by atoms with Gasteiger partial charge in [0.15, 0.2) is 10.8 Å². The second kappa shape index (κ2) is 6.92. The van der Waals surface area contributed by atoms with Crippen molar-refractivity contribution in [1.29, 1.82) is 0 Å². The summed E-state index contributed by atoms with van der Waals surface area (Å²) in [5.41, 5.74) is 3.74. The van der Waals surface area contributed by atoms with Gasteiger partial charge in [-0.25, -0.2) is 19.5 Å². The lowest BCUT2D eigenvalue weighted by molar-refractivity contribution is -0.134. The first kappa shape index (κ1) is 17.9. The molecule has 140 valence electrons. The van der Waals surface area contributed by atoms with Gasteiger partial charge in [0.05, 0.1) is 24.0 Å². The number of allylic oxidation sites excluding steroid dienone is 1. The summed E-state index contributed by atoms with van der Waals surface area (Å²) in [5, 5.41) is 4.94. The molecule has 0 N–H and O–H groups in total. The first-order valence-electron chi connectivity index (χ1n) is 8.53. The van der Waals surface area contributed by atoms with Crippen LogP contribution in [-0.2, 0) is 12.8 Å². The van der Waals surface area contributed by atoms with Gasteiger partial charge in [-0.2, -0.15) is 18.3 Å². The van der Waals surface area contributed by atoms with E-state index in [1.54, 1.807) is 10.7 Å². The molecule has 27 heavy (non-hydrogen) atoms. The molecule has 0 fully saturated rings. The van der Waals surface area contributed by atoms with E-state index in [-0.39, 0.29) is 12.2 Å². The van der Waals surface area contributed by atoms with Crippen LogP contribution >= 0.6 is 11.6 Å². The Bertz CT molecular complexity index is 1030. The number of nitrogens with zero attached hydrogens (tertiary/aromatic N) is 5. The Morgan fingerprint density at radius 1 is 1.15 bits per heavy atom. The van der Waals surface area contributed by atoms with Gasteiger partial charge < -0.3 is 0 Å². The SMILES string of the molecule is FC(F)(F)CCc1ncc2c(n1)CCCC=C2c1ccc2ncc(Cl)n2n1. The van der Waals surface area contributed by atoms with Crippen LogP contribution in [-0.4, -0.2) is 30.7 Å². The summed E-state index contributed by atoms with van der Waals surface area (Å²) < 4.78 is 39.0. The molecular formula is C18H15ClF3N5. The molecular weight excluding hydrogens is 379 g/mol. The van der Waals surface area contributed by atoms with E-state index in [2.05, 4.69) is 26.1 Å². The lowest BCUT2D eigenvalue weighted by Gasteiger charge is -2.12. The zero-order valence-corrected chi connectivity index (χ0v) is 14.9. The molecule has 0 saturated carbocycles. The van der Waals surface area contributed by atoms with Crippen LogP contribution in [0, 0.1) is 0 Å². The third-order valence-electron chi connectivity index (χ3n) is 4.40. The average Bonchev–Trinajstić information content (AvgIpc) is 2.87. The Morgan fingerprint density at radius 2 is 2.00 bits per heavy atom. The van der Waals surface area contributed by atoms with Gasteiger partial charge in [0.1, 0.15) is 5.82 Å². The highest BCUT2D eigenvalue weighted by molar-refractivity contribution is 6.29. The van der Waals surface area contributed by atoms with Crippen LogP contribution in [0.2, 0.25) is 5.15 Å². The van der Waals surface area contributed by atoms with Gasteiger partial charge >= 0.3 is 6.18 Å². The summed E-state index contributed by atoms with van der Waals surface area (Å²) in [5.74, 6) is 0.216. The number of aromatic nitrogens is 5. The molecule has 3 aromatic rings. The molecule has 0 saturated heterocycles. The van der Waals surface area contributed by atoms with E-state index in [4.69, 9.17) is 11.6 Å². The zero-order valence-electron chi connectivity index (χ0n) is 14.2. The number of imidazole rings is 1. The van der Waals surface area contributed by atoms with Crippen molar-refractivity contribution < 1.29 is 13.2 Å². The van der Waals surface area contributed by atoms with Crippen molar-refractivity contribution in [2.45, 2.75) is 38.3 Å². The molecule has 3 heterocycles. The predicted molar refractivity (Wildman–Crippen MR) is 94.4 cm³/mol. The largest absolute Gasteiger partial charge is 0.389 e. The molecule has 0 amide bonds. The molecule has 0 spiro atoms. The molecule has 4 rings (SSSR count). The maximum Gasteiger partial charge on any atom is 0.389 e. The number of fused-ring (bicyclic) bond motifs is 2. The van der Waals surface area contributed by atoms with E-state index in [9.17, 15) is 13.2 Å².